The monoisotopic (exact) mass is 199 g/mol. The van der Waals surface area contributed by atoms with Gasteiger partial charge in [0.2, 0.25) is 0 Å². The van der Waals surface area contributed by atoms with E-state index in [-0.39, 0.29) is 0 Å². The molecule has 1 rings (SSSR count). The van der Waals surface area contributed by atoms with Crippen LogP contribution < -0.4 is 11.1 Å². The maximum Gasteiger partial charge on any atom is 0.139 e. The summed E-state index contributed by atoms with van der Waals surface area (Å²) >= 11 is 0. The molecule has 4 heteroatoms. The molecule has 1 fully saturated rings. The Morgan fingerprint density at radius 3 is 2.79 bits per heavy atom. The predicted molar refractivity (Wildman–Crippen MR) is 57.5 cm³/mol. The highest BCUT2D eigenvalue weighted by Gasteiger charge is 2.36. The molecule has 4 nitrogen and oxygen atoms in total. The average Bonchev–Trinajstić information content (AvgIpc) is 2.90. The number of hydrogen-bond acceptors (Lipinski definition) is 3. The molecule has 0 aromatic heterocycles. The zero-order chi connectivity index (χ0) is 10.4. The second-order valence-electron chi connectivity index (χ2n) is 4.54. The molecule has 4 N–H and O–H groups in total. The highest BCUT2D eigenvalue weighted by molar-refractivity contribution is 5.79. The first-order valence-corrected chi connectivity index (χ1v) is 5.33. The van der Waals surface area contributed by atoms with Crippen molar-refractivity contribution in [2.75, 3.05) is 13.1 Å². The van der Waals surface area contributed by atoms with Crippen LogP contribution in [-0.4, -0.2) is 24.1 Å². The number of rotatable bonds is 7. The largest absolute Gasteiger partial charge is 0.409 e. The van der Waals surface area contributed by atoms with E-state index in [1.807, 2.05) is 0 Å². The summed E-state index contributed by atoms with van der Waals surface area (Å²) in [6, 6.07) is 0. The summed E-state index contributed by atoms with van der Waals surface area (Å²) in [7, 11) is 0. The highest BCUT2D eigenvalue weighted by Crippen LogP contribution is 2.43. The van der Waals surface area contributed by atoms with Gasteiger partial charge in [-0.1, -0.05) is 12.1 Å². The predicted octanol–water partition coefficient (Wildman–Crippen LogP) is 1.29. The molecule has 0 aliphatic heterocycles. The van der Waals surface area contributed by atoms with Crippen molar-refractivity contribution >= 4 is 5.84 Å². The number of oxime groups is 1. The SMILES string of the molecule is CC1(CNCCCCC(N)=NO)CC1. The summed E-state index contributed by atoms with van der Waals surface area (Å²) in [6.45, 7) is 4.49. The summed E-state index contributed by atoms with van der Waals surface area (Å²) < 4.78 is 0. The van der Waals surface area contributed by atoms with Gasteiger partial charge in [0.15, 0.2) is 0 Å². The Morgan fingerprint density at radius 2 is 2.21 bits per heavy atom. The Morgan fingerprint density at radius 1 is 1.50 bits per heavy atom. The molecule has 0 heterocycles. The van der Waals surface area contributed by atoms with Crippen molar-refractivity contribution in [1.82, 2.24) is 5.32 Å². The van der Waals surface area contributed by atoms with Crippen LogP contribution in [0.3, 0.4) is 0 Å². The number of nitrogens with zero attached hydrogens (tertiary/aromatic N) is 1. The summed E-state index contributed by atoms with van der Waals surface area (Å²) in [6.07, 6.45) is 5.50. The van der Waals surface area contributed by atoms with Crippen LogP contribution in [0.2, 0.25) is 0 Å². The molecule has 1 aliphatic rings. The molecule has 0 saturated heterocycles. The lowest BCUT2D eigenvalue weighted by Gasteiger charge is -2.09. The summed E-state index contributed by atoms with van der Waals surface area (Å²) in [5.41, 5.74) is 5.94. The molecule has 0 amide bonds. The van der Waals surface area contributed by atoms with Gasteiger partial charge in [-0.05, 0) is 37.6 Å². The molecule has 0 bridgehead atoms. The standard InChI is InChI=1S/C10H21N3O/c1-10(5-6-10)8-12-7-3-2-4-9(11)13-14/h12,14H,2-8H2,1H3,(H2,11,13). The first-order chi connectivity index (χ1) is 6.66. The van der Waals surface area contributed by atoms with Crippen LogP contribution in [0.15, 0.2) is 5.16 Å². The van der Waals surface area contributed by atoms with E-state index >= 15 is 0 Å². The molecule has 0 spiro atoms. The molecule has 82 valence electrons. The second-order valence-corrected chi connectivity index (χ2v) is 4.54. The lowest BCUT2D eigenvalue weighted by atomic mass is 10.1. The Hall–Kier alpha value is -0.770. The van der Waals surface area contributed by atoms with Gasteiger partial charge in [0, 0.05) is 13.0 Å². The van der Waals surface area contributed by atoms with Gasteiger partial charge in [0.05, 0.1) is 0 Å². The fraction of sp³-hybridized carbons (Fsp3) is 0.900. The van der Waals surface area contributed by atoms with Crippen LogP contribution in [0.1, 0.15) is 39.0 Å². The van der Waals surface area contributed by atoms with E-state index in [0.29, 0.717) is 17.7 Å². The van der Waals surface area contributed by atoms with E-state index < -0.39 is 0 Å². The molecular weight excluding hydrogens is 178 g/mol. The van der Waals surface area contributed by atoms with Crippen LogP contribution in [0, 0.1) is 5.41 Å². The van der Waals surface area contributed by atoms with Crippen molar-refractivity contribution in [2.24, 2.45) is 16.3 Å². The number of nitrogens with two attached hydrogens (primary N) is 1. The number of amidine groups is 1. The van der Waals surface area contributed by atoms with Gasteiger partial charge >= 0.3 is 0 Å². The van der Waals surface area contributed by atoms with Gasteiger partial charge in [-0.15, -0.1) is 0 Å². The Kier molecular flexibility index (Phi) is 4.20. The van der Waals surface area contributed by atoms with Crippen molar-refractivity contribution in [3.05, 3.63) is 0 Å². The summed E-state index contributed by atoms with van der Waals surface area (Å²) in [5, 5.41) is 14.7. The minimum atomic E-state index is 0.333. The normalized spacial score (nSPS) is 19.6. The molecule has 1 saturated carbocycles. The quantitative estimate of drug-likeness (QED) is 0.190. The first-order valence-electron chi connectivity index (χ1n) is 5.33. The van der Waals surface area contributed by atoms with E-state index in [0.717, 1.165) is 25.9 Å². The molecule has 0 aromatic carbocycles. The van der Waals surface area contributed by atoms with Crippen LogP contribution in [0.5, 0.6) is 0 Å². The maximum absolute atomic E-state index is 8.30. The molecule has 0 atom stereocenters. The van der Waals surface area contributed by atoms with Crippen LogP contribution in [-0.2, 0) is 0 Å². The summed E-state index contributed by atoms with van der Waals surface area (Å²) in [4.78, 5) is 0. The van der Waals surface area contributed by atoms with Crippen molar-refractivity contribution < 1.29 is 5.21 Å². The number of nitrogens with one attached hydrogen (secondary N) is 1. The van der Waals surface area contributed by atoms with Gasteiger partial charge in [-0.2, -0.15) is 0 Å². The molecule has 0 radical (unpaired) electrons. The van der Waals surface area contributed by atoms with Crippen molar-refractivity contribution in [3.8, 4) is 0 Å². The van der Waals surface area contributed by atoms with Crippen LogP contribution in [0.25, 0.3) is 0 Å². The highest BCUT2D eigenvalue weighted by atomic mass is 16.4. The topological polar surface area (TPSA) is 70.6 Å². The van der Waals surface area contributed by atoms with Crippen LogP contribution >= 0.6 is 0 Å². The van der Waals surface area contributed by atoms with E-state index in [1.54, 1.807) is 0 Å². The van der Waals surface area contributed by atoms with E-state index in [1.165, 1.54) is 12.8 Å². The summed E-state index contributed by atoms with van der Waals surface area (Å²) in [5.74, 6) is 0.333. The molecule has 1 aliphatic carbocycles. The minimum absolute atomic E-state index is 0.333. The maximum atomic E-state index is 8.30. The van der Waals surface area contributed by atoms with Gasteiger partial charge in [-0.3, -0.25) is 0 Å². The molecule has 14 heavy (non-hydrogen) atoms. The van der Waals surface area contributed by atoms with Crippen molar-refractivity contribution in [3.63, 3.8) is 0 Å². The Labute approximate surface area is 85.6 Å². The first kappa shape index (κ1) is 11.3. The fourth-order valence-electron chi connectivity index (χ4n) is 1.39. The Balaban J connectivity index is 1.85. The zero-order valence-corrected chi connectivity index (χ0v) is 8.92. The second kappa shape index (κ2) is 5.20. The van der Waals surface area contributed by atoms with Gasteiger partial charge in [0.25, 0.3) is 0 Å². The third-order valence-electron chi connectivity index (χ3n) is 2.82. The minimum Gasteiger partial charge on any atom is -0.409 e. The third kappa shape index (κ3) is 4.46. The Bertz CT molecular complexity index is 200. The lowest BCUT2D eigenvalue weighted by molar-refractivity contribution is 0.316. The average molecular weight is 199 g/mol. The molecule has 0 aromatic rings. The number of unbranched alkanes of at least 4 members (excludes halogenated alkanes) is 1. The lowest BCUT2D eigenvalue weighted by Crippen LogP contribution is -2.23. The van der Waals surface area contributed by atoms with Gasteiger partial charge in [0.1, 0.15) is 5.84 Å². The third-order valence-corrected chi connectivity index (χ3v) is 2.82. The number of hydrogen-bond donors (Lipinski definition) is 3. The fourth-order valence-corrected chi connectivity index (χ4v) is 1.39. The van der Waals surface area contributed by atoms with E-state index in [2.05, 4.69) is 17.4 Å². The van der Waals surface area contributed by atoms with Crippen LogP contribution in [0.4, 0.5) is 0 Å². The van der Waals surface area contributed by atoms with E-state index in [9.17, 15) is 0 Å². The smallest absolute Gasteiger partial charge is 0.139 e. The molecule has 0 unspecified atom stereocenters. The van der Waals surface area contributed by atoms with Gasteiger partial charge in [-0.25, -0.2) is 0 Å². The van der Waals surface area contributed by atoms with Crippen molar-refractivity contribution in [2.45, 2.75) is 39.0 Å². The van der Waals surface area contributed by atoms with Gasteiger partial charge < -0.3 is 16.3 Å². The van der Waals surface area contributed by atoms with Crippen molar-refractivity contribution in [1.29, 1.82) is 0 Å². The zero-order valence-electron chi connectivity index (χ0n) is 8.92. The molecular formula is C10H21N3O. The van der Waals surface area contributed by atoms with E-state index in [4.69, 9.17) is 10.9 Å².